The van der Waals surface area contributed by atoms with Gasteiger partial charge < -0.3 is 26.6 Å². The lowest BCUT2D eigenvalue weighted by Crippen LogP contribution is -2.43. The van der Waals surface area contributed by atoms with Gasteiger partial charge in [-0.2, -0.15) is 0 Å². The lowest BCUT2D eigenvalue weighted by atomic mass is 9.96. The Kier molecular flexibility index (Phi) is 3.59. The first-order valence-electron chi connectivity index (χ1n) is 6.05. The van der Waals surface area contributed by atoms with Crippen LogP contribution >= 0.6 is 0 Å². The summed E-state index contributed by atoms with van der Waals surface area (Å²) in [4.78, 5) is 15.3. The van der Waals surface area contributed by atoms with E-state index in [1.54, 1.807) is 6.92 Å². The number of aliphatic hydroxyl groups is 1. The van der Waals surface area contributed by atoms with E-state index < -0.39 is 11.5 Å². The molecule has 1 amide bonds. The van der Waals surface area contributed by atoms with Crippen LogP contribution in [0, 0.1) is 0 Å². The molecule has 1 aliphatic rings. The van der Waals surface area contributed by atoms with Crippen molar-refractivity contribution < 1.29 is 14.6 Å². The highest BCUT2D eigenvalue weighted by Gasteiger charge is 2.39. The topological polar surface area (TPSA) is 123 Å². The molecule has 0 bridgehead atoms. The Morgan fingerprint density at radius 1 is 1.74 bits per heavy atom. The van der Waals surface area contributed by atoms with Gasteiger partial charge in [-0.15, -0.1) is 0 Å². The Labute approximate surface area is 110 Å². The summed E-state index contributed by atoms with van der Waals surface area (Å²) in [5, 5.41) is 13.3. The van der Waals surface area contributed by atoms with E-state index in [0.29, 0.717) is 24.5 Å². The third kappa shape index (κ3) is 2.77. The molecule has 2 heterocycles. The number of anilines is 2. The molecule has 6 N–H and O–H groups in total. The van der Waals surface area contributed by atoms with Crippen LogP contribution < -0.4 is 16.8 Å². The van der Waals surface area contributed by atoms with E-state index in [1.807, 2.05) is 0 Å². The molecule has 7 nitrogen and oxygen atoms in total. The van der Waals surface area contributed by atoms with Crippen molar-refractivity contribution in [3.63, 3.8) is 0 Å². The van der Waals surface area contributed by atoms with Crippen LogP contribution in [0.4, 0.5) is 11.5 Å². The van der Waals surface area contributed by atoms with Crippen molar-refractivity contribution in [2.75, 3.05) is 24.2 Å². The monoisotopic (exact) mass is 266 g/mol. The highest BCUT2D eigenvalue weighted by Crippen LogP contribution is 2.26. The normalized spacial score (nSPS) is 26.3. The number of carbonyl (C=O) groups excluding carboxylic acids is 1. The number of carbonyl (C=O) groups is 1. The number of rotatable bonds is 4. The number of aromatic nitrogens is 1. The van der Waals surface area contributed by atoms with Crippen LogP contribution in [0.15, 0.2) is 12.3 Å². The summed E-state index contributed by atoms with van der Waals surface area (Å²) in [5.41, 5.74) is 10.4. The van der Waals surface area contributed by atoms with Crippen molar-refractivity contribution in [3.05, 3.63) is 17.8 Å². The fraction of sp³-hybridized carbons (Fsp3) is 0.500. The van der Waals surface area contributed by atoms with Gasteiger partial charge in [0.2, 0.25) is 0 Å². The van der Waals surface area contributed by atoms with E-state index in [0.717, 1.165) is 0 Å². The fourth-order valence-corrected chi connectivity index (χ4v) is 2.05. The van der Waals surface area contributed by atoms with Crippen LogP contribution in [0.5, 0.6) is 0 Å². The number of hydrogen-bond acceptors (Lipinski definition) is 6. The van der Waals surface area contributed by atoms with Crippen LogP contribution in [0.1, 0.15) is 23.7 Å². The van der Waals surface area contributed by atoms with Gasteiger partial charge in [0.15, 0.2) is 0 Å². The van der Waals surface area contributed by atoms with Crippen LogP contribution in [-0.2, 0) is 4.74 Å². The van der Waals surface area contributed by atoms with Gasteiger partial charge in [0.05, 0.1) is 23.6 Å². The van der Waals surface area contributed by atoms with Gasteiger partial charge in [-0.05, 0) is 13.0 Å². The van der Waals surface area contributed by atoms with Gasteiger partial charge in [0.25, 0.3) is 5.91 Å². The van der Waals surface area contributed by atoms with Crippen molar-refractivity contribution in [1.82, 2.24) is 4.98 Å². The standard InChI is InChI=1S/C12H18N4O3/c1-7-12(18,2-3-19-7)6-16-11-9(10(14)17)4-8(13)5-15-11/h4-5,7,18H,2-3,6,13H2,1H3,(H2,14,17)(H,15,16). The summed E-state index contributed by atoms with van der Waals surface area (Å²) in [5.74, 6) is -0.306. The Morgan fingerprint density at radius 2 is 2.47 bits per heavy atom. The summed E-state index contributed by atoms with van der Waals surface area (Å²) < 4.78 is 5.33. The molecule has 0 aliphatic carbocycles. The summed E-state index contributed by atoms with van der Waals surface area (Å²) >= 11 is 0. The molecule has 1 fully saturated rings. The Bertz CT molecular complexity index is 494. The summed E-state index contributed by atoms with van der Waals surface area (Å²) in [7, 11) is 0. The molecule has 2 rings (SSSR count). The highest BCUT2D eigenvalue weighted by atomic mass is 16.5. The number of amides is 1. The van der Waals surface area contributed by atoms with Gasteiger partial charge in [-0.25, -0.2) is 4.98 Å². The zero-order valence-electron chi connectivity index (χ0n) is 10.7. The first-order chi connectivity index (χ1) is 8.92. The predicted molar refractivity (Wildman–Crippen MR) is 70.6 cm³/mol. The van der Waals surface area contributed by atoms with Gasteiger partial charge in [0.1, 0.15) is 11.4 Å². The largest absolute Gasteiger partial charge is 0.397 e. The summed E-state index contributed by atoms with van der Waals surface area (Å²) in [6.45, 7) is 2.54. The molecule has 0 saturated carbocycles. The number of nitrogen functional groups attached to an aromatic ring is 1. The molecule has 2 atom stereocenters. The van der Waals surface area contributed by atoms with Gasteiger partial charge in [0, 0.05) is 19.6 Å². The average molecular weight is 266 g/mol. The lowest BCUT2D eigenvalue weighted by molar-refractivity contribution is -0.0176. The molecule has 0 aromatic carbocycles. The minimum Gasteiger partial charge on any atom is -0.397 e. The van der Waals surface area contributed by atoms with E-state index in [1.165, 1.54) is 12.3 Å². The predicted octanol–water partition coefficient (Wildman–Crippen LogP) is -0.285. The van der Waals surface area contributed by atoms with Crippen molar-refractivity contribution in [2.45, 2.75) is 25.0 Å². The Balaban J connectivity index is 2.13. The molecule has 0 spiro atoms. The van der Waals surface area contributed by atoms with Crippen LogP contribution in [0.25, 0.3) is 0 Å². The molecule has 1 aliphatic heterocycles. The maximum atomic E-state index is 11.3. The summed E-state index contributed by atoms with van der Waals surface area (Å²) in [6.07, 6.45) is 1.68. The van der Waals surface area contributed by atoms with Crippen molar-refractivity contribution in [3.8, 4) is 0 Å². The SMILES string of the molecule is CC1OCCC1(O)CNc1ncc(N)cc1C(N)=O. The molecule has 0 radical (unpaired) electrons. The van der Waals surface area contributed by atoms with Gasteiger partial charge >= 0.3 is 0 Å². The minimum absolute atomic E-state index is 0.204. The molecule has 7 heteroatoms. The third-order valence-electron chi connectivity index (χ3n) is 3.40. The number of primary amides is 1. The number of pyridine rings is 1. The van der Waals surface area contributed by atoms with Crippen LogP contribution in [0.2, 0.25) is 0 Å². The van der Waals surface area contributed by atoms with Gasteiger partial charge in [-0.3, -0.25) is 4.79 Å². The molecule has 2 unspecified atom stereocenters. The molecule has 104 valence electrons. The average Bonchev–Trinajstić information content (AvgIpc) is 2.68. The van der Waals surface area contributed by atoms with Crippen molar-refractivity contribution in [2.24, 2.45) is 5.73 Å². The van der Waals surface area contributed by atoms with E-state index in [2.05, 4.69) is 10.3 Å². The summed E-state index contributed by atoms with van der Waals surface area (Å²) in [6, 6.07) is 1.45. The van der Waals surface area contributed by atoms with Crippen molar-refractivity contribution in [1.29, 1.82) is 0 Å². The zero-order valence-corrected chi connectivity index (χ0v) is 10.7. The quantitative estimate of drug-likeness (QED) is 0.594. The van der Waals surface area contributed by atoms with E-state index >= 15 is 0 Å². The second-order valence-corrected chi connectivity index (χ2v) is 4.75. The van der Waals surface area contributed by atoms with Crippen LogP contribution in [-0.4, -0.2) is 40.9 Å². The molecular weight excluding hydrogens is 248 g/mol. The molecule has 19 heavy (non-hydrogen) atoms. The molecule has 1 saturated heterocycles. The second kappa shape index (κ2) is 5.02. The Morgan fingerprint density at radius 3 is 3.05 bits per heavy atom. The number of ether oxygens (including phenoxy) is 1. The van der Waals surface area contributed by atoms with E-state index in [4.69, 9.17) is 16.2 Å². The molecular formula is C12H18N4O3. The smallest absolute Gasteiger partial charge is 0.252 e. The third-order valence-corrected chi connectivity index (χ3v) is 3.40. The number of nitrogens with two attached hydrogens (primary N) is 2. The molecule has 1 aromatic rings. The lowest BCUT2D eigenvalue weighted by Gasteiger charge is -2.26. The van der Waals surface area contributed by atoms with E-state index in [9.17, 15) is 9.90 Å². The van der Waals surface area contributed by atoms with E-state index in [-0.39, 0.29) is 18.2 Å². The highest BCUT2D eigenvalue weighted by molar-refractivity contribution is 5.98. The Hall–Kier alpha value is -1.86. The van der Waals surface area contributed by atoms with Gasteiger partial charge in [-0.1, -0.05) is 0 Å². The molecule has 1 aromatic heterocycles. The first-order valence-corrected chi connectivity index (χ1v) is 6.05. The number of nitrogens with one attached hydrogen (secondary N) is 1. The maximum Gasteiger partial charge on any atom is 0.252 e. The first kappa shape index (κ1) is 13.6. The van der Waals surface area contributed by atoms with Crippen LogP contribution in [0.3, 0.4) is 0 Å². The zero-order chi connectivity index (χ0) is 14.0. The second-order valence-electron chi connectivity index (χ2n) is 4.75. The number of hydrogen-bond donors (Lipinski definition) is 4. The van der Waals surface area contributed by atoms with Crippen molar-refractivity contribution >= 4 is 17.4 Å². The maximum absolute atomic E-state index is 11.3. The fourth-order valence-electron chi connectivity index (χ4n) is 2.05. The minimum atomic E-state index is -0.974. The number of nitrogens with zero attached hydrogens (tertiary/aromatic N) is 1.